The van der Waals surface area contributed by atoms with E-state index in [1.807, 2.05) is 12.2 Å². The molecule has 0 heterocycles. The first-order valence-corrected chi connectivity index (χ1v) is 9.50. The summed E-state index contributed by atoms with van der Waals surface area (Å²) in [6.45, 7) is 19.6. The average molecular weight is 337 g/mol. The monoisotopic (exact) mass is 336 g/mol. The Morgan fingerprint density at radius 2 is 1.76 bits per heavy atom. The molecule has 0 fully saturated rings. The fraction of sp³-hybridized carbons (Fsp3) is 0.440. The lowest BCUT2D eigenvalue weighted by atomic mass is 9.80. The van der Waals surface area contributed by atoms with Gasteiger partial charge in [-0.1, -0.05) is 103 Å². The summed E-state index contributed by atoms with van der Waals surface area (Å²) in [7, 11) is 0. The minimum absolute atomic E-state index is 0.181. The van der Waals surface area contributed by atoms with Crippen molar-refractivity contribution >= 4 is 11.6 Å². The molecule has 0 radical (unpaired) electrons. The molecule has 0 saturated heterocycles. The van der Waals surface area contributed by atoms with Crippen LogP contribution in [0.4, 0.5) is 0 Å². The highest BCUT2D eigenvalue weighted by Gasteiger charge is 2.19. The zero-order valence-electron chi connectivity index (χ0n) is 17.3. The van der Waals surface area contributed by atoms with Gasteiger partial charge in [-0.2, -0.15) is 0 Å². The molecule has 0 spiro atoms. The van der Waals surface area contributed by atoms with E-state index in [9.17, 15) is 0 Å². The standard InChI is InChI=1S/C25H36/c1-9-13-14-20(10-2)23-19-22(25(7,8)12-4)16-15-21(23)17-18-24(5,6)11-3/h9-10,13-19H,1,11-12H2,2-8H3/b14-13-,18-17+,20-10+. The van der Waals surface area contributed by atoms with E-state index in [4.69, 9.17) is 0 Å². The van der Waals surface area contributed by atoms with Crippen molar-refractivity contribution in [1.29, 1.82) is 0 Å². The van der Waals surface area contributed by atoms with E-state index in [2.05, 4.69) is 97.5 Å². The topological polar surface area (TPSA) is 0 Å². The van der Waals surface area contributed by atoms with Crippen LogP contribution in [-0.2, 0) is 5.41 Å². The second kappa shape index (κ2) is 9.04. The molecule has 136 valence electrons. The van der Waals surface area contributed by atoms with Crippen LogP contribution >= 0.6 is 0 Å². The Labute approximate surface area is 156 Å². The number of rotatable bonds is 8. The van der Waals surface area contributed by atoms with Crippen molar-refractivity contribution in [3.63, 3.8) is 0 Å². The van der Waals surface area contributed by atoms with Crippen LogP contribution in [0, 0.1) is 5.41 Å². The molecule has 0 bridgehead atoms. The molecule has 0 atom stereocenters. The Morgan fingerprint density at radius 3 is 2.28 bits per heavy atom. The predicted molar refractivity (Wildman–Crippen MR) is 116 cm³/mol. The fourth-order valence-electron chi connectivity index (χ4n) is 2.52. The molecular formula is C25H36. The third kappa shape index (κ3) is 5.88. The molecule has 25 heavy (non-hydrogen) atoms. The van der Waals surface area contributed by atoms with Crippen LogP contribution in [0.15, 0.2) is 55.2 Å². The number of hydrogen-bond acceptors (Lipinski definition) is 0. The molecule has 1 rings (SSSR count). The number of hydrogen-bond donors (Lipinski definition) is 0. The summed E-state index contributed by atoms with van der Waals surface area (Å²) in [6.07, 6.45) is 15.0. The Morgan fingerprint density at radius 1 is 1.08 bits per heavy atom. The van der Waals surface area contributed by atoms with E-state index in [0.717, 1.165) is 12.8 Å². The summed E-state index contributed by atoms with van der Waals surface area (Å²) in [5, 5.41) is 0. The maximum absolute atomic E-state index is 3.80. The van der Waals surface area contributed by atoms with Crippen molar-refractivity contribution in [3.8, 4) is 0 Å². The lowest BCUT2D eigenvalue weighted by Crippen LogP contribution is -2.15. The second-order valence-corrected chi connectivity index (χ2v) is 8.05. The molecule has 0 nitrogen and oxygen atoms in total. The van der Waals surface area contributed by atoms with Crippen molar-refractivity contribution in [3.05, 3.63) is 71.8 Å². The lowest BCUT2D eigenvalue weighted by Gasteiger charge is -2.25. The van der Waals surface area contributed by atoms with Crippen LogP contribution in [0.3, 0.4) is 0 Å². The van der Waals surface area contributed by atoms with E-state index in [-0.39, 0.29) is 10.8 Å². The Balaban J connectivity index is 3.51. The third-order valence-electron chi connectivity index (χ3n) is 5.38. The minimum atomic E-state index is 0.181. The van der Waals surface area contributed by atoms with Crippen molar-refractivity contribution in [1.82, 2.24) is 0 Å². The highest BCUT2D eigenvalue weighted by molar-refractivity contribution is 5.80. The molecule has 0 aromatic heterocycles. The van der Waals surface area contributed by atoms with Gasteiger partial charge in [-0.25, -0.2) is 0 Å². The van der Waals surface area contributed by atoms with E-state index in [1.54, 1.807) is 0 Å². The largest absolute Gasteiger partial charge is 0.0991 e. The zero-order chi connectivity index (χ0) is 19.1. The summed E-state index contributed by atoms with van der Waals surface area (Å²) < 4.78 is 0. The van der Waals surface area contributed by atoms with Crippen molar-refractivity contribution in [2.75, 3.05) is 0 Å². The van der Waals surface area contributed by atoms with Gasteiger partial charge in [0.15, 0.2) is 0 Å². The summed E-state index contributed by atoms with van der Waals surface area (Å²) >= 11 is 0. The van der Waals surface area contributed by atoms with Gasteiger partial charge in [-0.15, -0.1) is 0 Å². The van der Waals surface area contributed by atoms with Gasteiger partial charge in [0.1, 0.15) is 0 Å². The molecule has 0 aliphatic carbocycles. The van der Waals surface area contributed by atoms with Gasteiger partial charge in [0.25, 0.3) is 0 Å². The lowest BCUT2D eigenvalue weighted by molar-refractivity contribution is 0.464. The molecule has 0 heteroatoms. The van der Waals surface area contributed by atoms with Crippen LogP contribution in [-0.4, -0.2) is 0 Å². The molecule has 0 amide bonds. The number of benzene rings is 1. The Kier molecular flexibility index (Phi) is 7.67. The van der Waals surface area contributed by atoms with Crippen LogP contribution in [0.25, 0.3) is 11.6 Å². The van der Waals surface area contributed by atoms with Gasteiger partial charge in [0.2, 0.25) is 0 Å². The summed E-state index contributed by atoms with van der Waals surface area (Å²) in [5.41, 5.74) is 5.60. The summed E-state index contributed by atoms with van der Waals surface area (Å²) in [6, 6.07) is 6.93. The minimum Gasteiger partial charge on any atom is -0.0991 e. The van der Waals surface area contributed by atoms with E-state index in [1.165, 1.54) is 22.3 Å². The van der Waals surface area contributed by atoms with Gasteiger partial charge in [-0.05, 0) is 52.9 Å². The Bertz CT molecular complexity index is 663. The maximum atomic E-state index is 3.80. The van der Waals surface area contributed by atoms with Crippen LogP contribution in [0.5, 0.6) is 0 Å². The van der Waals surface area contributed by atoms with E-state index in [0.29, 0.717) is 0 Å². The van der Waals surface area contributed by atoms with Crippen LogP contribution < -0.4 is 0 Å². The van der Waals surface area contributed by atoms with Crippen LogP contribution in [0.2, 0.25) is 0 Å². The molecular weight excluding hydrogens is 300 g/mol. The highest BCUT2D eigenvalue weighted by Crippen LogP contribution is 2.32. The van der Waals surface area contributed by atoms with Gasteiger partial charge < -0.3 is 0 Å². The molecule has 0 aliphatic rings. The Hall–Kier alpha value is -1.82. The molecule has 0 saturated carbocycles. The summed E-state index contributed by atoms with van der Waals surface area (Å²) in [5.74, 6) is 0. The SMILES string of the molecule is C=C/C=C\C(=C/C)c1cc(C(C)(C)CC)ccc1/C=C/C(C)(C)CC. The molecule has 0 N–H and O–H groups in total. The van der Waals surface area contributed by atoms with Gasteiger partial charge in [0, 0.05) is 0 Å². The smallest absolute Gasteiger partial charge is 0.0106 e. The molecule has 1 aromatic carbocycles. The molecule has 0 unspecified atom stereocenters. The van der Waals surface area contributed by atoms with Crippen molar-refractivity contribution < 1.29 is 0 Å². The van der Waals surface area contributed by atoms with Crippen molar-refractivity contribution in [2.24, 2.45) is 5.41 Å². The first kappa shape index (κ1) is 21.2. The highest BCUT2D eigenvalue weighted by atomic mass is 14.2. The quantitative estimate of drug-likeness (QED) is 0.422. The molecule has 0 aliphatic heterocycles. The first-order valence-electron chi connectivity index (χ1n) is 9.50. The zero-order valence-corrected chi connectivity index (χ0v) is 17.3. The van der Waals surface area contributed by atoms with Gasteiger partial charge in [0.05, 0.1) is 0 Å². The third-order valence-corrected chi connectivity index (χ3v) is 5.38. The number of allylic oxidation sites excluding steroid dienone is 6. The van der Waals surface area contributed by atoms with Gasteiger partial charge in [-0.3, -0.25) is 0 Å². The predicted octanol–water partition coefficient (Wildman–Crippen LogP) is 7.97. The maximum Gasteiger partial charge on any atom is -0.0106 e. The average Bonchev–Trinajstić information content (AvgIpc) is 2.61. The van der Waals surface area contributed by atoms with E-state index >= 15 is 0 Å². The first-order chi connectivity index (χ1) is 11.7. The van der Waals surface area contributed by atoms with Crippen LogP contribution in [0.1, 0.15) is 78.0 Å². The fourth-order valence-corrected chi connectivity index (χ4v) is 2.52. The molecule has 1 aromatic rings. The normalized spacial score (nSPS) is 13.8. The van der Waals surface area contributed by atoms with Gasteiger partial charge >= 0.3 is 0 Å². The second-order valence-electron chi connectivity index (χ2n) is 8.05. The summed E-state index contributed by atoms with van der Waals surface area (Å²) in [4.78, 5) is 0. The van der Waals surface area contributed by atoms with Crippen molar-refractivity contribution in [2.45, 2.75) is 66.7 Å². The van der Waals surface area contributed by atoms with E-state index < -0.39 is 0 Å².